The van der Waals surface area contributed by atoms with Crippen LogP contribution in [0.25, 0.3) is 22.7 Å². The molecule has 1 aromatic heterocycles. The Kier molecular flexibility index (Phi) is 3.40. The second kappa shape index (κ2) is 5.37. The second-order valence-electron chi connectivity index (χ2n) is 5.14. The minimum atomic E-state index is -0.0535. The van der Waals surface area contributed by atoms with Crippen LogP contribution >= 0.6 is 0 Å². The zero-order chi connectivity index (χ0) is 14.8. The lowest BCUT2D eigenvalue weighted by molar-refractivity contribution is -0.634. The first-order valence-electron chi connectivity index (χ1n) is 6.87. The molecule has 0 N–H and O–H groups in total. The van der Waals surface area contributed by atoms with Gasteiger partial charge in [0.1, 0.15) is 5.69 Å². The fourth-order valence-electron chi connectivity index (χ4n) is 2.32. The molecule has 0 radical (unpaired) electrons. The van der Waals surface area contributed by atoms with Crippen molar-refractivity contribution in [3.05, 3.63) is 71.5 Å². The number of nitrogens with zero attached hydrogens (tertiary/aromatic N) is 2. The first kappa shape index (κ1) is 13.3. The number of hydrogen-bond donors (Lipinski definition) is 0. The van der Waals surface area contributed by atoms with Crippen molar-refractivity contribution in [1.82, 2.24) is 5.10 Å². The van der Waals surface area contributed by atoms with E-state index in [2.05, 4.69) is 5.10 Å². The van der Waals surface area contributed by atoms with Gasteiger partial charge >= 0.3 is 0 Å². The van der Waals surface area contributed by atoms with Gasteiger partial charge in [0.25, 0.3) is 0 Å². The van der Waals surface area contributed by atoms with Crippen molar-refractivity contribution in [3.8, 4) is 0 Å². The molecule has 0 fully saturated rings. The Labute approximate surface area is 123 Å². The molecule has 0 aliphatic heterocycles. The normalized spacial score (nSPS) is 11.8. The number of rotatable bonds is 2. The van der Waals surface area contributed by atoms with Gasteiger partial charge in [-0.2, -0.15) is 0 Å². The average molecular weight is 276 g/mol. The maximum absolute atomic E-state index is 12.3. The SMILES string of the molecule is Cc1ccc(/C([O-])=C/[n+]2cc3ccccc3c(C)n2)cc1. The lowest BCUT2D eigenvalue weighted by Gasteiger charge is -2.09. The van der Waals surface area contributed by atoms with E-state index in [9.17, 15) is 5.11 Å². The minimum Gasteiger partial charge on any atom is -0.868 e. The smallest absolute Gasteiger partial charge is 0.210 e. The summed E-state index contributed by atoms with van der Waals surface area (Å²) in [5.41, 5.74) is 2.71. The summed E-state index contributed by atoms with van der Waals surface area (Å²) in [5.74, 6) is -0.0535. The van der Waals surface area contributed by atoms with E-state index in [1.165, 1.54) is 6.20 Å². The van der Waals surface area contributed by atoms with Crippen LogP contribution in [0, 0.1) is 13.8 Å². The lowest BCUT2D eigenvalue weighted by Crippen LogP contribution is -2.33. The van der Waals surface area contributed by atoms with E-state index < -0.39 is 0 Å². The molecule has 3 aromatic rings. The molecule has 0 aliphatic carbocycles. The van der Waals surface area contributed by atoms with Crippen molar-refractivity contribution in [3.63, 3.8) is 0 Å². The van der Waals surface area contributed by atoms with Crippen LogP contribution in [0.3, 0.4) is 0 Å². The van der Waals surface area contributed by atoms with E-state index in [1.54, 1.807) is 4.68 Å². The van der Waals surface area contributed by atoms with E-state index in [1.807, 2.05) is 68.6 Å². The third kappa shape index (κ3) is 2.77. The molecule has 0 amide bonds. The van der Waals surface area contributed by atoms with Gasteiger partial charge in [-0.25, -0.2) is 0 Å². The molecule has 0 bridgehead atoms. The van der Waals surface area contributed by atoms with Crippen LogP contribution in [0.1, 0.15) is 16.8 Å². The van der Waals surface area contributed by atoms with Gasteiger partial charge in [0.15, 0.2) is 6.20 Å². The third-order valence-electron chi connectivity index (χ3n) is 3.47. The Hall–Kier alpha value is -2.68. The number of benzene rings is 2. The molecule has 0 unspecified atom stereocenters. The predicted octanol–water partition coefficient (Wildman–Crippen LogP) is 2.46. The summed E-state index contributed by atoms with van der Waals surface area (Å²) in [6, 6.07) is 15.6. The lowest BCUT2D eigenvalue weighted by atomic mass is 10.1. The van der Waals surface area contributed by atoms with Crippen LogP contribution in [0.2, 0.25) is 0 Å². The molecule has 3 heteroatoms. The van der Waals surface area contributed by atoms with E-state index in [0.717, 1.165) is 22.0 Å². The van der Waals surface area contributed by atoms with Gasteiger partial charge in [-0.05, 0) is 31.2 Å². The quantitative estimate of drug-likeness (QED) is 0.533. The summed E-state index contributed by atoms with van der Waals surface area (Å²) in [6.07, 6.45) is 3.39. The van der Waals surface area contributed by atoms with Gasteiger partial charge in [0.2, 0.25) is 6.20 Å². The standard InChI is InChI=1S/C18H16N2O/c1-13-7-9-15(10-8-13)18(21)12-20-11-16-5-3-4-6-17(16)14(2)19-20/h3-12H,1-2H3. The first-order chi connectivity index (χ1) is 10.1. The Morgan fingerprint density at radius 2 is 1.76 bits per heavy atom. The van der Waals surface area contributed by atoms with Crippen LogP contribution in [0.15, 0.2) is 54.7 Å². The van der Waals surface area contributed by atoms with Crippen molar-refractivity contribution in [2.24, 2.45) is 0 Å². The van der Waals surface area contributed by atoms with Crippen molar-refractivity contribution in [1.29, 1.82) is 0 Å². The van der Waals surface area contributed by atoms with Crippen LogP contribution < -0.4 is 9.79 Å². The summed E-state index contributed by atoms with van der Waals surface area (Å²) in [5, 5.41) is 18.9. The Bertz CT molecular complexity index is 820. The van der Waals surface area contributed by atoms with E-state index in [-0.39, 0.29) is 5.76 Å². The molecule has 0 atom stereocenters. The molecule has 1 heterocycles. The minimum absolute atomic E-state index is 0.0535. The Balaban J connectivity index is 2.04. The number of aromatic nitrogens is 2. The third-order valence-corrected chi connectivity index (χ3v) is 3.47. The highest BCUT2D eigenvalue weighted by molar-refractivity contribution is 5.82. The van der Waals surface area contributed by atoms with E-state index in [4.69, 9.17) is 0 Å². The summed E-state index contributed by atoms with van der Waals surface area (Å²) < 4.78 is 1.60. The molecule has 0 saturated carbocycles. The van der Waals surface area contributed by atoms with Crippen LogP contribution in [-0.2, 0) is 0 Å². The Morgan fingerprint density at radius 3 is 2.52 bits per heavy atom. The molecule has 21 heavy (non-hydrogen) atoms. The number of hydrogen-bond acceptors (Lipinski definition) is 2. The van der Waals surface area contributed by atoms with Gasteiger partial charge in [-0.15, -0.1) is 0 Å². The van der Waals surface area contributed by atoms with Crippen LogP contribution in [0.4, 0.5) is 0 Å². The summed E-state index contributed by atoms with van der Waals surface area (Å²) >= 11 is 0. The second-order valence-corrected chi connectivity index (χ2v) is 5.14. The van der Waals surface area contributed by atoms with Crippen molar-refractivity contribution >= 4 is 22.7 Å². The van der Waals surface area contributed by atoms with Crippen molar-refractivity contribution < 1.29 is 9.79 Å². The zero-order valence-electron chi connectivity index (χ0n) is 12.1. The average Bonchev–Trinajstić information content (AvgIpc) is 2.48. The first-order valence-corrected chi connectivity index (χ1v) is 6.87. The summed E-state index contributed by atoms with van der Waals surface area (Å²) in [6.45, 7) is 3.95. The predicted molar refractivity (Wildman–Crippen MR) is 82.0 cm³/mol. The highest BCUT2D eigenvalue weighted by Gasteiger charge is 2.06. The van der Waals surface area contributed by atoms with Crippen LogP contribution in [0.5, 0.6) is 0 Å². The zero-order valence-corrected chi connectivity index (χ0v) is 12.1. The van der Waals surface area contributed by atoms with E-state index in [0.29, 0.717) is 5.56 Å². The topological polar surface area (TPSA) is 39.8 Å². The van der Waals surface area contributed by atoms with Gasteiger partial charge in [-0.1, -0.05) is 52.7 Å². The van der Waals surface area contributed by atoms with Crippen molar-refractivity contribution in [2.45, 2.75) is 13.8 Å². The molecule has 2 aromatic carbocycles. The van der Waals surface area contributed by atoms with Crippen molar-refractivity contribution in [2.75, 3.05) is 0 Å². The maximum atomic E-state index is 12.3. The van der Waals surface area contributed by atoms with Gasteiger partial charge < -0.3 is 5.11 Å². The Morgan fingerprint density at radius 1 is 1.05 bits per heavy atom. The summed E-state index contributed by atoms with van der Waals surface area (Å²) in [4.78, 5) is 0. The largest absolute Gasteiger partial charge is 0.868 e. The molecule has 0 spiro atoms. The molecule has 0 aliphatic rings. The molecular formula is C18H16N2O. The molecule has 0 saturated heterocycles. The van der Waals surface area contributed by atoms with Crippen LogP contribution in [-0.4, -0.2) is 5.10 Å². The fraction of sp³-hybridized carbons (Fsp3) is 0.111. The summed E-state index contributed by atoms with van der Waals surface area (Å²) in [7, 11) is 0. The monoisotopic (exact) mass is 276 g/mol. The highest BCUT2D eigenvalue weighted by Crippen LogP contribution is 2.14. The fourth-order valence-corrected chi connectivity index (χ4v) is 2.32. The van der Waals surface area contributed by atoms with Gasteiger partial charge in [0.05, 0.1) is 5.39 Å². The molecule has 104 valence electrons. The van der Waals surface area contributed by atoms with Gasteiger partial charge in [-0.3, -0.25) is 0 Å². The number of aryl methyl sites for hydroxylation is 2. The maximum Gasteiger partial charge on any atom is 0.210 e. The molecule has 3 nitrogen and oxygen atoms in total. The molecule has 3 rings (SSSR count). The van der Waals surface area contributed by atoms with E-state index >= 15 is 0 Å². The molecular weight excluding hydrogens is 260 g/mol. The highest BCUT2D eigenvalue weighted by atomic mass is 16.3. The number of fused-ring (bicyclic) bond motifs is 1. The van der Waals surface area contributed by atoms with Gasteiger partial charge in [0, 0.05) is 10.5 Å².